The van der Waals surface area contributed by atoms with Gasteiger partial charge in [0.2, 0.25) is 0 Å². The Hall–Kier alpha value is -1.79. The highest BCUT2D eigenvalue weighted by Crippen LogP contribution is 2.07. The van der Waals surface area contributed by atoms with E-state index in [1.165, 1.54) is 6.07 Å². The average Bonchev–Trinajstić information content (AvgIpc) is 2.26. The molecule has 1 atom stereocenters. The van der Waals surface area contributed by atoms with Gasteiger partial charge < -0.3 is 9.84 Å². The van der Waals surface area contributed by atoms with Crippen molar-refractivity contribution in [3.63, 3.8) is 0 Å². The summed E-state index contributed by atoms with van der Waals surface area (Å²) in [4.78, 5) is 10.7. The first-order valence-corrected chi connectivity index (χ1v) is 4.53. The first kappa shape index (κ1) is 11.3. The number of benzene rings is 1. The molecule has 0 amide bonds. The van der Waals surface area contributed by atoms with Gasteiger partial charge in [-0.05, 0) is 24.6 Å². The number of hydrogen-bond acceptors (Lipinski definition) is 2. The van der Waals surface area contributed by atoms with E-state index in [1.54, 1.807) is 25.1 Å². The second-order valence-corrected chi connectivity index (χ2v) is 3.13. The quantitative estimate of drug-likeness (QED) is 0.762. The van der Waals surface area contributed by atoms with Gasteiger partial charge in [-0.3, -0.25) is 0 Å². The smallest absolute Gasteiger partial charge is 0.335 e. The zero-order chi connectivity index (χ0) is 11.3. The SMILES string of the molecule is C#CC(C)OCc1cccc(C(=O)O)c1. The fourth-order valence-electron chi connectivity index (χ4n) is 1.06. The highest BCUT2D eigenvalue weighted by atomic mass is 16.5. The van der Waals surface area contributed by atoms with E-state index in [9.17, 15) is 4.79 Å². The lowest BCUT2D eigenvalue weighted by molar-refractivity contribution is 0.0695. The monoisotopic (exact) mass is 204 g/mol. The van der Waals surface area contributed by atoms with Crippen LogP contribution in [0.1, 0.15) is 22.8 Å². The highest BCUT2D eigenvalue weighted by molar-refractivity contribution is 5.87. The Balaban J connectivity index is 2.67. The second kappa shape index (κ2) is 5.18. The van der Waals surface area contributed by atoms with Crippen LogP contribution in [0.5, 0.6) is 0 Å². The number of rotatable bonds is 4. The van der Waals surface area contributed by atoms with Gasteiger partial charge in [-0.1, -0.05) is 18.1 Å². The molecule has 0 heterocycles. The topological polar surface area (TPSA) is 46.5 Å². The first-order chi connectivity index (χ1) is 7.13. The number of carboxylic acids is 1. The lowest BCUT2D eigenvalue weighted by Gasteiger charge is -2.07. The second-order valence-electron chi connectivity index (χ2n) is 3.13. The lowest BCUT2D eigenvalue weighted by Crippen LogP contribution is -2.05. The summed E-state index contributed by atoms with van der Waals surface area (Å²) >= 11 is 0. The van der Waals surface area contributed by atoms with Gasteiger partial charge in [-0.25, -0.2) is 4.79 Å². The molecule has 1 rings (SSSR count). The largest absolute Gasteiger partial charge is 0.478 e. The van der Waals surface area contributed by atoms with Crippen LogP contribution in [-0.4, -0.2) is 17.2 Å². The Kier molecular flexibility index (Phi) is 3.90. The number of carbonyl (C=O) groups is 1. The summed E-state index contributed by atoms with van der Waals surface area (Å²) in [6.07, 6.45) is 4.88. The number of terminal acetylenes is 1. The van der Waals surface area contributed by atoms with Crippen molar-refractivity contribution in [2.45, 2.75) is 19.6 Å². The fraction of sp³-hybridized carbons (Fsp3) is 0.250. The van der Waals surface area contributed by atoms with Crippen LogP contribution in [0, 0.1) is 12.3 Å². The number of carboxylic acid groups (broad SMARTS) is 1. The fourth-order valence-corrected chi connectivity index (χ4v) is 1.06. The maximum absolute atomic E-state index is 10.7. The lowest BCUT2D eigenvalue weighted by atomic mass is 10.1. The van der Waals surface area contributed by atoms with Crippen LogP contribution in [0.15, 0.2) is 24.3 Å². The van der Waals surface area contributed by atoms with Crippen molar-refractivity contribution in [1.29, 1.82) is 0 Å². The van der Waals surface area contributed by atoms with Crippen molar-refractivity contribution in [2.75, 3.05) is 0 Å². The van der Waals surface area contributed by atoms with Crippen LogP contribution in [0.2, 0.25) is 0 Å². The number of hydrogen-bond donors (Lipinski definition) is 1. The summed E-state index contributed by atoms with van der Waals surface area (Å²) in [6, 6.07) is 6.60. The zero-order valence-electron chi connectivity index (χ0n) is 8.43. The summed E-state index contributed by atoms with van der Waals surface area (Å²) in [5.74, 6) is 1.49. The maximum atomic E-state index is 10.7. The predicted octanol–water partition coefficient (Wildman–Crippen LogP) is 1.92. The van der Waals surface area contributed by atoms with Gasteiger partial charge in [-0.15, -0.1) is 6.42 Å². The summed E-state index contributed by atoms with van der Waals surface area (Å²) in [5.41, 5.74) is 1.06. The molecule has 0 aromatic heterocycles. The summed E-state index contributed by atoms with van der Waals surface area (Å²) < 4.78 is 5.28. The van der Waals surface area contributed by atoms with Crippen LogP contribution >= 0.6 is 0 Å². The summed E-state index contributed by atoms with van der Waals surface area (Å²) in [6.45, 7) is 2.09. The Morgan fingerprint density at radius 1 is 1.67 bits per heavy atom. The van der Waals surface area contributed by atoms with Crippen molar-refractivity contribution in [2.24, 2.45) is 0 Å². The third-order valence-electron chi connectivity index (χ3n) is 1.91. The molecule has 3 heteroatoms. The molecule has 15 heavy (non-hydrogen) atoms. The number of aromatic carboxylic acids is 1. The first-order valence-electron chi connectivity index (χ1n) is 4.53. The Morgan fingerprint density at radius 2 is 2.40 bits per heavy atom. The molecule has 3 nitrogen and oxygen atoms in total. The zero-order valence-corrected chi connectivity index (χ0v) is 8.43. The van der Waals surface area contributed by atoms with E-state index >= 15 is 0 Å². The molecule has 1 N–H and O–H groups in total. The Labute approximate surface area is 88.7 Å². The Bertz CT molecular complexity index is 390. The van der Waals surface area contributed by atoms with Crippen molar-refractivity contribution in [3.8, 4) is 12.3 Å². The minimum absolute atomic E-state index is 0.254. The predicted molar refractivity (Wildman–Crippen MR) is 56.5 cm³/mol. The van der Waals surface area contributed by atoms with Crippen LogP contribution < -0.4 is 0 Å². The molecule has 0 bridgehead atoms. The molecule has 0 aliphatic heterocycles. The molecule has 0 saturated heterocycles. The molecule has 1 aromatic carbocycles. The van der Waals surface area contributed by atoms with E-state index in [0.717, 1.165) is 5.56 Å². The van der Waals surface area contributed by atoms with Gasteiger partial charge in [0.25, 0.3) is 0 Å². The molecule has 0 saturated carbocycles. The Morgan fingerprint density at radius 3 is 3.00 bits per heavy atom. The van der Waals surface area contributed by atoms with E-state index in [0.29, 0.717) is 6.61 Å². The van der Waals surface area contributed by atoms with Crippen molar-refractivity contribution in [3.05, 3.63) is 35.4 Å². The summed E-state index contributed by atoms with van der Waals surface area (Å²) in [7, 11) is 0. The average molecular weight is 204 g/mol. The van der Waals surface area contributed by atoms with E-state index in [-0.39, 0.29) is 11.7 Å². The molecule has 0 aliphatic carbocycles. The van der Waals surface area contributed by atoms with Crippen molar-refractivity contribution in [1.82, 2.24) is 0 Å². The van der Waals surface area contributed by atoms with Gasteiger partial charge in [-0.2, -0.15) is 0 Å². The molecule has 0 spiro atoms. The van der Waals surface area contributed by atoms with Gasteiger partial charge in [0.05, 0.1) is 12.2 Å². The van der Waals surface area contributed by atoms with Crippen LogP contribution in [0.3, 0.4) is 0 Å². The van der Waals surface area contributed by atoms with E-state index in [4.69, 9.17) is 16.3 Å². The third-order valence-corrected chi connectivity index (χ3v) is 1.91. The molecule has 0 aliphatic rings. The molecular formula is C12H12O3. The standard InChI is InChI=1S/C12H12O3/c1-3-9(2)15-8-10-5-4-6-11(7-10)12(13)14/h1,4-7,9H,8H2,2H3,(H,13,14). The normalized spacial score (nSPS) is 11.7. The van der Waals surface area contributed by atoms with Crippen LogP contribution in [0.25, 0.3) is 0 Å². The van der Waals surface area contributed by atoms with Crippen molar-refractivity contribution < 1.29 is 14.6 Å². The van der Waals surface area contributed by atoms with Crippen LogP contribution in [0.4, 0.5) is 0 Å². The molecular weight excluding hydrogens is 192 g/mol. The molecule has 0 radical (unpaired) electrons. The van der Waals surface area contributed by atoms with Gasteiger partial charge in [0, 0.05) is 0 Å². The maximum Gasteiger partial charge on any atom is 0.335 e. The van der Waals surface area contributed by atoms with E-state index < -0.39 is 5.97 Å². The summed E-state index contributed by atoms with van der Waals surface area (Å²) in [5, 5.41) is 8.76. The van der Waals surface area contributed by atoms with Gasteiger partial charge in [0.1, 0.15) is 6.10 Å². The highest BCUT2D eigenvalue weighted by Gasteiger charge is 2.04. The van der Waals surface area contributed by atoms with Crippen LogP contribution in [-0.2, 0) is 11.3 Å². The molecule has 1 unspecified atom stereocenters. The molecule has 1 aromatic rings. The van der Waals surface area contributed by atoms with E-state index in [1.807, 2.05) is 0 Å². The number of ether oxygens (including phenoxy) is 1. The van der Waals surface area contributed by atoms with Gasteiger partial charge >= 0.3 is 5.97 Å². The van der Waals surface area contributed by atoms with Gasteiger partial charge in [0.15, 0.2) is 0 Å². The molecule has 0 fully saturated rings. The molecule has 78 valence electrons. The third kappa shape index (κ3) is 3.45. The minimum Gasteiger partial charge on any atom is -0.478 e. The minimum atomic E-state index is -0.943. The van der Waals surface area contributed by atoms with Crippen molar-refractivity contribution >= 4 is 5.97 Å². The van der Waals surface area contributed by atoms with E-state index in [2.05, 4.69) is 5.92 Å².